The molecule has 0 spiro atoms. The summed E-state index contributed by atoms with van der Waals surface area (Å²) in [5.41, 5.74) is 1.53. The highest BCUT2D eigenvalue weighted by molar-refractivity contribution is 7.80. The van der Waals surface area contributed by atoms with E-state index in [1.54, 1.807) is 4.57 Å². The molecule has 3 rings (SSSR count). The van der Waals surface area contributed by atoms with Crippen molar-refractivity contribution >= 4 is 23.7 Å². The molecule has 0 amide bonds. The summed E-state index contributed by atoms with van der Waals surface area (Å²) in [6.07, 6.45) is 1.87. The Morgan fingerprint density at radius 2 is 2.00 bits per heavy atom. The van der Waals surface area contributed by atoms with Crippen LogP contribution in [0.3, 0.4) is 0 Å². The van der Waals surface area contributed by atoms with E-state index in [1.807, 2.05) is 24.3 Å². The van der Waals surface area contributed by atoms with Gasteiger partial charge in [0.15, 0.2) is 5.58 Å². The molecule has 1 aliphatic rings. The smallest absolute Gasteiger partial charge is 0.408 e. The van der Waals surface area contributed by atoms with Gasteiger partial charge in [0.05, 0.1) is 5.52 Å². The Balaban J connectivity index is 2.00. The van der Waals surface area contributed by atoms with E-state index in [-0.39, 0.29) is 11.2 Å². The lowest BCUT2D eigenvalue weighted by molar-refractivity contribution is 0.0178. The monoisotopic (exact) mass is 279 g/mol. The second-order valence-electron chi connectivity index (χ2n) is 5.19. The Bertz CT molecular complexity index is 625. The van der Waals surface area contributed by atoms with E-state index in [2.05, 4.69) is 12.6 Å². The number of para-hydroxylation sites is 2. The van der Waals surface area contributed by atoms with Crippen LogP contribution >= 0.6 is 12.6 Å². The summed E-state index contributed by atoms with van der Waals surface area (Å²) in [5.74, 6) is 0.469. The van der Waals surface area contributed by atoms with Gasteiger partial charge in [0.2, 0.25) is 0 Å². The maximum absolute atomic E-state index is 12.0. The minimum absolute atomic E-state index is 0.0256. The quantitative estimate of drug-likeness (QED) is 0.877. The second kappa shape index (κ2) is 5.06. The predicted octanol–water partition coefficient (Wildman–Crippen LogP) is 2.32. The molecule has 0 atom stereocenters. The van der Waals surface area contributed by atoms with Gasteiger partial charge in [-0.25, -0.2) is 4.79 Å². The van der Waals surface area contributed by atoms with E-state index in [4.69, 9.17) is 9.15 Å². The largest absolute Gasteiger partial charge is 0.419 e. The van der Waals surface area contributed by atoms with Crippen LogP contribution in [0.15, 0.2) is 33.5 Å². The SMILES string of the molecule is O=c1oc2ccccc2n1CC1(CS)CCOCC1. The number of fused-ring (bicyclic) bond motifs is 1. The Morgan fingerprint density at radius 3 is 2.74 bits per heavy atom. The fourth-order valence-electron chi connectivity index (χ4n) is 2.67. The number of ether oxygens (including phenoxy) is 1. The Morgan fingerprint density at radius 1 is 1.26 bits per heavy atom. The van der Waals surface area contributed by atoms with Crippen LogP contribution in [0.2, 0.25) is 0 Å². The summed E-state index contributed by atoms with van der Waals surface area (Å²) >= 11 is 4.49. The summed E-state index contributed by atoms with van der Waals surface area (Å²) in [5, 5.41) is 0. The first kappa shape index (κ1) is 12.8. The first-order valence-corrected chi connectivity index (χ1v) is 7.14. The molecule has 0 aliphatic carbocycles. The van der Waals surface area contributed by atoms with Gasteiger partial charge in [-0.3, -0.25) is 4.57 Å². The first-order chi connectivity index (χ1) is 9.24. The molecule has 1 aromatic carbocycles. The summed E-state index contributed by atoms with van der Waals surface area (Å²) < 4.78 is 12.4. The van der Waals surface area contributed by atoms with Gasteiger partial charge in [-0.15, -0.1) is 0 Å². The molecule has 19 heavy (non-hydrogen) atoms. The van der Waals surface area contributed by atoms with E-state index in [1.165, 1.54) is 0 Å². The molecule has 0 bridgehead atoms. The third kappa shape index (κ3) is 2.32. The molecule has 4 nitrogen and oxygen atoms in total. The lowest BCUT2D eigenvalue weighted by Crippen LogP contribution is -2.37. The van der Waals surface area contributed by atoms with Gasteiger partial charge >= 0.3 is 5.76 Å². The van der Waals surface area contributed by atoms with Gasteiger partial charge in [-0.2, -0.15) is 12.6 Å². The number of aromatic nitrogens is 1. The zero-order chi connectivity index (χ0) is 13.3. The fourth-order valence-corrected chi connectivity index (χ4v) is 3.09. The number of thiol groups is 1. The van der Waals surface area contributed by atoms with Crippen LogP contribution in [0.25, 0.3) is 11.1 Å². The zero-order valence-corrected chi connectivity index (χ0v) is 11.6. The van der Waals surface area contributed by atoms with Gasteiger partial charge in [0.1, 0.15) is 0 Å². The summed E-state index contributed by atoms with van der Waals surface area (Å²) in [6, 6.07) is 7.54. The van der Waals surface area contributed by atoms with Crippen molar-refractivity contribution in [1.29, 1.82) is 0 Å². The van der Waals surface area contributed by atoms with Gasteiger partial charge in [0, 0.05) is 25.2 Å². The minimum Gasteiger partial charge on any atom is -0.408 e. The van der Waals surface area contributed by atoms with Crippen LogP contribution < -0.4 is 5.76 Å². The summed E-state index contributed by atoms with van der Waals surface area (Å²) in [7, 11) is 0. The lowest BCUT2D eigenvalue weighted by Gasteiger charge is -2.35. The van der Waals surface area contributed by atoms with Gasteiger partial charge in [-0.1, -0.05) is 12.1 Å². The van der Waals surface area contributed by atoms with Crippen molar-refractivity contribution in [3.8, 4) is 0 Å². The van der Waals surface area contributed by atoms with Crippen LogP contribution in [-0.2, 0) is 11.3 Å². The minimum atomic E-state index is -0.283. The topological polar surface area (TPSA) is 44.4 Å². The highest BCUT2D eigenvalue weighted by atomic mass is 32.1. The molecular formula is C14H17NO3S. The van der Waals surface area contributed by atoms with Crippen molar-refractivity contribution < 1.29 is 9.15 Å². The van der Waals surface area contributed by atoms with Crippen molar-refractivity contribution in [2.45, 2.75) is 19.4 Å². The number of nitrogens with zero attached hydrogens (tertiary/aromatic N) is 1. The molecule has 2 aromatic rings. The van der Waals surface area contributed by atoms with Crippen LogP contribution in [0.4, 0.5) is 0 Å². The number of benzene rings is 1. The van der Waals surface area contributed by atoms with Crippen LogP contribution in [0.1, 0.15) is 12.8 Å². The van der Waals surface area contributed by atoms with Crippen LogP contribution in [0.5, 0.6) is 0 Å². The molecule has 0 unspecified atom stereocenters. The molecule has 0 N–H and O–H groups in total. The standard InChI is InChI=1S/C14H17NO3S/c16-13-15(11-3-1-2-4-12(11)18-13)9-14(10-19)5-7-17-8-6-14/h1-4,19H,5-10H2. The number of rotatable bonds is 3. The Labute approximate surface area is 116 Å². The van der Waals surface area contributed by atoms with E-state index in [9.17, 15) is 4.79 Å². The molecule has 102 valence electrons. The highest BCUT2D eigenvalue weighted by Gasteiger charge is 2.33. The number of hydrogen-bond donors (Lipinski definition) is 1. The van der Waals surface area contributed by atoms with Crippen molar-refractivity contribution in [2.75, 3.05) is 19.0 Å². The first-order valence-electron chi connectivity index (χ1n) is 6.51. The molecule has 0 radical (unpaired) electrons. The van der Waals surface area contributed by atoms with E-state index in [0.717, 1.165) is 37.3 Å². The third-order valence-electron chi connectivity index (χ3n) is 3.96. The van der Waals surface area contributed by atoms with Gasteiger partial charge in [-0.05, 0) is 30.7 Å². The fraction of sp³-hybridized carbons (Fsp3) is 0.500. The molecule has 1 aliphatic heterocycles. The Hall–Kier alpha value is -1.20. The van der Waals surface area contributed by atoms with Crippen LogP contribution in [-0.4, -0.2) is 23.5 Å². The number of oxazole rings is 1. The average Bonchev–Trinajstić information content (AvgIpc) is 2.76. The molecule has 1 aromatic heterocycles. The van der Waals surface area contributed by atoms with Crippen LogP contribution in [0, 0.1) is 5.41 Å². The normalized spacial score (nSPS) is 18.8. The van der Waals surface area contributed by atoms with Crippen molar-refractivity contribution in [3.05, 3.63) is 34.8 Å². The number of hydrogen-bond acceptors (Lipinski definition) is 4. The van der Waals surface area contributed by atoms with Crippen molar-refractivity contribution in [2.24, 2.45) is 5.41 Å². The molecule has 2 heterocycles. The highest BCUT2D eigenvalue weighted by Crippen LogP contribution is 2.34. The van der Waals surface area contributed by atoms with Gasteiger partial charge < -0.3 is 9.15 Å². The van der Waals surface area contributed by atoms with E-state index in [0.29, 0.717) is 12.1 Å². The van der Waals surface area contributed by atoms with E-state index < -0.39 is 0 Å². The maximum Gasteiger partial charge on any atom is 0.419 e. The van der Waals surface area contributed by atoms with E-state index >= 15 is 0 Å². The lowest BCUT2D eigenvalue weighted by atomic mass is 9.82. The molecule has 5 heteroatoms. The molecule has 0 saturated carbocycles. The summed E-state index contributed by atoms with van der Waals surface area (Å²) in [6.45, 7) is 2.13. The molecule has 1 fully saturated rings. The molecule has 1 saturated heterocycles. The predicted molar refractivity (Wildman–Crippen MR) is 76.8 cm³/mol. The van der Waals surface area contributed by atoms with Crippen molar-refractivity contribution in [1.82, 2.24) is 4.57 Å². The summed E-state index contributed by atoms with van der Waals surface area (Å²) in [4.78, 5) is 12.0. The maximum atomic E-state index is 12.0. The Kier molecular flexibility index (Phi) is 3.41. The average molecular weight is 279 g/mol. The third-order valence-corrected chi connectivity index (χ3v) is 4.63. The van der Waals surface area contributed by atoms with Gasteiger partial charge in [0.25, 0.3) is 0 Å². The second-order valence-corrected chi connectivity index (χ2v) is 5.51. The molecular weight excluding hydrogens is 262 g/mol. The van der Waals surface area contributed by atoms with Crippen molar-refractivity contribution in [3.63, 3.8) is 0 Å². The zero-order valence-electron chi connectivity index (χ0n) is 10.7.